The molecule has 1 atom stereocenters. The van der Waals surface area contributed by atoms with Crippen molar-refractivity contribution in [3.05, 3.63) is 43.0 Å². The Morgan fingerprint density at radius 2 is 2.12 bits per heavy atom. The van der Waals surface area contributed by atoms with E-state index in [1.807, 2.05) is 37.3 Å². The Morgan fingerprint density at radius 3 is 2.71 bits per heavy atom. The van der Waals surface area contributed by atoms with Gasteiger partial charge in [-0.15, -0.1) is 6.58 Å². The van der Waals surface area contributed by atoms with Crippen LogP contribution in [0.25, 0.3) is 0 Å². The molecule has 1 aromatic carbocycles. The molecule has 0 saturated heterocycles. The van der Waals surface area contributed by atoms with E-state index in [1.165, 1.54) is 0 Å². The van der Waals surface area contributed by atoms with Crippen molar-refractivity contribution in [1.82, 2.24) is 5.32 Å². The number of rotatable bonds is 6. The number of anilines is 1. The molecule has 0 aromatic heterocycles. The minimum atomic E-state index is 0.111. The molecule has 3 heteroatoms. The lowest BCUT2D eigenvalue weighted by Crippen LogP contribution is -2.35. The second-order valence-electron chi connectivity index (χ2n) is 4.09. The van der Waals surface area contributed by atoms with Crippen molar-refractivity contribution in [2.24, 2.45) is 0 Å². The molecular formula is C14H20N2O. The standard InChI is InChI=1S/C14H20N2O/c1-4-10-15-12(2)11-14(17)16(3)13-8-6-5-7-9-13/h4-9,12,15H,1,10-11H2,2-3H3/t12-/m1/s1. The molecule has 1 aromatic rings. The lowest BCUT2D eigenvalue weighted by Gasteiger charge is -2.20. The predicted molar refractivity (Wildman–Crippen MR) is 72.1 cm³/mol. The van der Waals surface area contributed by atoms with Gasteiger partial charge in [-0.25, -0.2) is 0 Å². The number of amides is 1. The van der Waals surface area contributed by atoms with Gasteiger partial charge in [-0.2, -0.15) is 0 Å². The van der Waals surface area contributed by atoms with Crippen LogP contribution in [-0.2, 0) is 4.79 Å². The smallest absolute Gasteiger partial charge is 0.228 e. The van der Waals surface area contributed by atoms with Crippen LogP contribution in [0.15, 0.2) is 43.0 Å². The summed E-state index contributed by atoms with van der Waals surface area (Å²) >= 11 is 0. The van der Waals surface area contributed by atoms with Crippen LogP contribution in [0.3, 0.4) is 0 Å². The summed E-state index contributed by atoms with van der Waals surface area (Å²) in [5.41, 5.74) is 0.924. The number of hydrogen-bond acceptors (Lipinski definition) is 2. The van der Waals surface area contributed by atoms with Gasteiger partial charge in [0.25, 0.3) is 0 Å². The van der Waals surface area contributed by atoms with Crippen molar-refractivity contribution >= 4 is 11.6 Å². The normalized spacial score (nSPS) is 11.9. The van der Waals surface area contributed by atoms with Gasteiger partial charge in [0, 0.05) is 31.7 Å². The molecular weight excluding hydrogens is 212 g/mol. The summed E-state index contributed by atoms with van der Waals surface area (Å²) in [6.45, 7) is 6.36. The van der Waals surface area contributed by atoms with Gasteiger partial charge in [0.1, 0.15) is 0 Å². The molecule has 17 heavy (non-hydrogen) atoms. The third-order valence-corrected chi connectivity index (χ3v) is 2.61. The predicted octanol–water partition coefficient (Wildman–Crippen LogP) is 2.20. The second kappa shape index (κ2) is 6.86. The Hall–Kier alpha value is -1.61. The van der Waals surface area contributed by atoms with E-state index in [0.29, 0.717) is 6.42 Å². The first kappa shape index (κ1) is 13.5. The summed E-state index contributed by atoms with van der Waals surface area (Å²) in [5, 5.41) is 3.20. The highest BCUT2D eigenvalue weighted by molar-refractivity contribution is 5.93. The van der Waals surface area contributed by atoms with Crippen molar-refractivity contribution in [2.45, 2.75) is 19.4 Å². The quantitative estimate of drug-likeness (QED) is 0.763. The largest absolute Gasteiger partial charge is 0.315 e. The third kappa shape index (κ3) is 4.41. The summed E-state index contributed by atoms with van der Waals surface area (Å²) in [6.07, 6.45) is 2.28. The van der Waals surface area contributed by atoms with Crippen LogP contribution in [0.2, 0.25) is 0 Å². The molecule has 0 aliphatic carbocycles. The topological polar surface area (TPSA) is 32.3 Å². The number of hydrogen-bond donors (Lipinski definition) is 1. The van der Waals surface area contributed by atoms with E-state index in [-0.39, 0.29) is 11.9 Å². The molecule has 0 fully saturated rings. The maximum atomic E-state index is 12.0. The zero-order valence-corrected chi connectivity index (χ0v) is 10.5. The highest BCUT2D eigenvalue weighted by Crippen LogP contribution is 2.12. The van der Waals surface area contributed by atoms with Crippen LogP contribution in [-0.4, -0.2) is 25.5 Å². The van der Waals surface area contributed by atoms with Crippen molar-refractivity contribution < 1.29 is 4.79 Å². The summed E-state index contributed by atoms with van der Waals surface area (Å²) in [6, 6.07) is 9.82. The molecule has 0 heterocycles. The van der Waals surface area contributed by atoms with Crippen LogP contribution in [0, 0.1) is 0 Å². The maximum absolute atomic E-state index is 12.0. The van der Waals surface area contributed by atoms with Crippen LogP contribution >= 0.6 is 0 Å². The van der Waals surface area contributed by atoms with Crippen molar-refractivity contribution in [3.63, 3.8) is 0 Å². The molecule has 0 radical (unpaired) electrons. The van der Waals surface area contributed by atoms with Crippen molar-refractivity contribution in [3.8, 4) is 0 Å². The number of nitrogens with zero attached hydrogens (tertiary/aromatic N) is 1. The number of carbonyl (C=O) groups excluding carboxylic acids is 1. The van der Waals surface area contributed by atoms with Crippen molar-refractivity contribution in [1.29, 1.82) is 0 Å². The molecule has 1 rings (SSSR count). The Labute approximate surface area is 103 Å². The van der Waals surface area contributed by atoms with Crippen molar-refractivity contribution in [2.75, 3.05) is 18.5 Å². The van der Waals surface area contributed by atoms with Gasteiger partial charge in [-0.05, 0) is 19.1 Å². The van der Waals surface area contributed by atoms with E-state index in [9.17, 15) is 4.79 Å². The fourth-order valence-corrected chi connectivity index (χ4v) is 1.55. The molecule has 0 saturated carbocycles. The van der Waals surface area contributed by atoms with Crippen LogP contribution in [0.1, 0.15) is 13.3 Å². The first-order valence-electron chi connectivity index (χ1n) is 5.81. The average Bonchev–Trinajstić information content (AvgIpc) is 2.36. The van der Waals surface area contributed by atoms with E-state index in [4.69, 9.17) is 0 Å². The first-order chi connectivity index (χ1) is 8.15. The zero-order chi connectivity index (χ0) is 12.7. The highest BCUT2D eigenvalue weighted by atomic mass is 16.2. The molecule has 1 N–H and O–H groups in total. The van der Waals surface area contributed by atoms with Gasteiger partial charge in [0.05, 0.1) is 0 Å². The summed E-state index contributed by atoms with van der Waals surface area (Å²) in [7, 11) is 1.80. The summed E-state index contributed by atoms with van der Waals surface area (Å²) in [4.78, 5) is 13.7. The van der Waals surface area contributed by atoms with Gasteiger partial charge in [0.15, 0.2) is 0 Å². The number of para-hydroxylation sites is 1. The number of nitrogens with one attached hydrogen (secondary N) is 1. The Bertz CT molecular complexity index is 362. The van der Waals surface area contributed by atoms with Gasteiger partial charge >= 0.3 is 0 Å². The van der Waals surface area contributed by atoms with E-state index in [1.54, 1.807) is 18.0 Å². The number of carbonyl (C=O) groups is 1. The zero-order valence-electron chi connectivity index (χ0n) is 10.5. The molecule has 0 unspecified atom stereocenters. The van der Waals surface area contributed by atoms with E-state index in [2.05, 4.69) is 11.9 Å². The third-order valence-electron chi connectivity index (χ3n) is 2.61. The van der Waals surface area contributed by atoms with Gasteiger partial charge in [0.2, 0.25) is 5.91 Å². The molecule has 0 spiro atoms. The minimum Gasteiger partial charge on any atom is -0.315 e. The lowest BCUT2D eigenvalue weighted by atomic mass is 10.2. The monoisotopic (exact) mass is 232 g/mol. The SMILES string of the molecule is C=CCN[C@H](C)CC(=O)N(C)c1ccccc1. The summed E-state index contributed by atoms with van der Waals surface area (Å²) in [5.74, 6) is 0.111. The first-order valence-corrected chi connectivity index (χ1v) is 5.81. The van der Waals surface area contributed by atoms with Gasteiger partial charge < -0.3 is 10.2 Å². The molecule has 1 amide bonds. The Morgan fingerprint density at radius 1 is 1.47 bits per heavy atom. The molecule has 92 valence electrons. The van der Waals surface area contributed by atoms with Crippen LogP contribution < -0.4 is 10.2 Å². The molecule has 3 nitrogen and oxygen atoms in total. The Kier molecular flexibility index (Phi) is 5.43. The van der Waals surface area contributed by atoms with Gasteiger partial charge in [-0.3, -0.25) is 4.79 Å². The van der Waals surface area contributed by atoms with Gasteiger partial charge in [-0.1, -0.05) is 24.3 Å². The lowest BCUT2D eigenvalue weighted by molar-refractivity contribution is -0.118. The molecule has 0 aliphatic rings. The average molecular weight is 232 g/mol. The summed E-state index contributed by atoms with van der Waals surface area (Å²) < 4.78 is 0. The molecule has 0 bridgehead atoms. The fourth-order valence-electron chi connectivity index (χ4n) is 1.55. The fraction of sp³-hybridized carbons (Fsp3) is 0.357. The Balaban J connectivity index is 2.50. The van der Waals surface area contributed by atoms with Crippen LogP contribution in [0.5, 0.6) is 0 Å². The van der Waals surface area contributed by atoms with E-state index < -0.39 is 0 Å². The van der Waals surface area contributed by atoms with Crippen LogP contribution in [0.4, 0.5) is 5.69 Å². The highest BCUT2D eigenvalue weighted by Gasteiger charge is 2.13. The van der Waals surface area contributed by atoms with E-state index >= 15 is 0 Å². The number of benzene rings is 1. The minimum absolute atomic E-state index is 0.111. The van der Waals surface area contributed by atoms with E-state index in [0.717, 1.165) is 12.2 Å². The second-order valence-corrected chi connectivity index (χ2v) is 4.09. The molecule has 0 aliphatic heterocycles. The maximum Gasteiger partial charge on any atom is 0.228 e.